The van der Waals surface area contributed by atoms with E-state index in [0.717, 1.165) is 17.4 Å². The lowest BCUT2D eigenvalue weighted by Gasteiger charge is -2.26. The minimum absolute atomic E-state index is 0.442. The first-order valence-corrected chi connectivity index (χ1v) is 6.47. The van der Waals surface area contributed by atoms with Gasteiger partial charge in [0.1, 0.15) is 0 Å². The summed E-state index contributed by atoms with van der Waals surface area (Å²) in [7, 11) is 0. The molecule has 3 N–H and O–H groups in total. The number of benzene rings is 1. The van der Waals surface area contributed by atoms with Gasteiger partial charge < -0.3 is 11.1 Å². The third kappa shape index (κ3) is 3.42. The summed E-state index contributed by atoms with van der Waals surface area (Å²) >= 11 is 4.33. The topological polar surface area (TPSA) is 38.0 Å². The predicted molar refractivity (Wildman–Crippen MR) is 72.1 cm³/mol. The minimum Gasteiger partial charge on any atom is -0.385 e. The first-order valence-electron chi connectivity index (χ1n) is 6.02. The van der Waals surface area contributed by atoms with Crippen LogP contribution < -0.4 is 11.1 Å². The Kier molecular flexibility index (Phi) is 4.13. The fourth-order valence-electron chi connectivity index (χ4n) is 2.27. The molecule has 1 aromatic carbocycles. The van der Waals surface area contributed by atoms with E-state index in [1.54, 1.807) is 0 Å². The Hall–Kier alpha value is -0.670. The van der Waals surface area contributed by atoms with Gasteiger partial charge in [0.15, 0.2) is 0 Å². The van der Waals surface area contributed by atoms with Gasteiger partial charge >= 0.3 is 0 Å². The zero-order valence-corrected chi connectivity index (χ0v) is 10.4. The number of hydrogen-bond donors (Lipinski definition) is 3. The molecule has 1 fully saturated rings. The van der Waals surface area contributed by atoms with Gasteiger partial charge in [-0.2, -0.15) is 0 Å². The molecule has 1 aromatic rings. The number of hydrogen-bond acceptors (Lipinski definition) is 3. The van der Waals surface area contributed by atoms with Gasteiger partial charge in [-0.15, -0.1) is 12.6 Å². The van der Waals surface area contributed by atoms with Crippen molar-refractivity contribution in [1.82, 2.24) is 0 Å². The Morgan fingerprint density at radius 1 is 1.25 bits per heavy atom. The van der Waals surface area contributed by atoms with Crippen LogP contribution in [0.1, 0.15) is 25.7 Å². The molecule has 0 bridgehead atoms. The van der Waals surface area contributed by atoms with Gasteiger partial charge in [-0.05, 0) is 49.8 Å². The van der Waals surface area contributed by atoms with E-state index < -0.39 is 0 Å². The standard InChI is InChI=1S/C13H20N2S/c14-11-6-4-10(5-7-11)9-15-12-2-1-3-13(16)8-12/h1-3,8,10-11,15-16H,4-7,9,14H2/t10-,11-. The van der Waals surface area contributed by atoms with Crippen molar-refractivity contribution in [3.05, 3.63) is 24.3 Å². The van der Waals surface area contributed by atoms with Crippen LogP contribution in [-0.4, -0.2) is 12.6 Å². The molecule has 2 nitrogen and oxygen atoms in total. The third-order valence-corrected chi connectivity index (χ3v) is 3.61. The lowest BCUT2D eigenvalue weighted by Crippen LogP contribution is -2.29. The molecule has 0 radical (unpaired) electrons. The van der Waals surface area contributed by atoms with E-state index in [1.807, 2.05) is 12.1 Å². The van der Waals surface area contributed by atoms with Crippen LogP contribution in [0.3, 0.4) is 0 Å². The highest BCUT2D eigenvalue weighted by molar-refractivity contribution is 7.80. The first kappa shape index (κ1) is 11.8. The van der Waals surface area contributed by atoms with Crippen molar-refractivity contribution >= 4 is 18.3 Å². The van der Waals surface area contributed by atoms with Crippen LogP contribution in [0, 0.1) is 5.92 Å². The van der Waals surface area contributed by atoms with Crippen molar-refractivity contribution in [3.8, 4) is 0 Å². The molecule has 2 rings (SSSR count). The summed E-state index contributed by atoms with van der Waals surface area (Å²) in [5, 5.41) is 3.48. The van der Waals surface area contributed by atoms with E-state index in [4.69, 9.17) is 5.73 Å². The molecule has 0 aliphatic heterocycles. The average molecular weight is 236 g/mol. The Morgan fingerprint density at radius 2 is 2.00 bits per heavy atom. The van der Waals surface area contributed by atoms with E-state index in [2.05, 4.69) is 30.1 Å². The van der Waals surface area contributed by atoms with Crippen LogP contribution in [0.15, 0.2) is 29.2 Å². The summed E-state index contributed by atoms with van der Waals surface area (Å²) in [4.78, 5) is 1.01. The molecule has 0 saturated heterocycles. The molecule has 0 atom stereocenters. The SMILES string of the molecule is N[C@H]1CC[C@H](CNc2cccc(S)c2)CC1. The minimum atomic E-state index is 0.442. The second-order valence-corrected chi connectivity index (χ2v) is 5.23. The first-order chi connectivity index (χ1) is 7.74. The Labute approximate surface area is 103 Å². The van der Waals surface area contributed by atoms with E-state index in [1.165, 1.54) is 31.4 Å². The van der Waals surface area contributed by atoms with Gasteiger partial charge in [0.2, 0.25) is 0 Å². The Morgan fingerprint density at radius 3 is 2.69 bits per heavy atom. The average Bonchev–Trinajstić information content (AvgIpc) is 2.28. The molecule has 0 heterocycles. The molecule has 1 saturated carbocycles. The molecule has 0 aromatic heterocycles. The fourth-order valence-corrected chi connectivity index (χ4v) is 2.50. The van der Waals surface area contributed by atoms with Gasteiger partial charge in [0.25, 0.3) is 0 Å². The fraction of sp³-hybridized carbons (Fsp3) is 0.538. The molecule has 1 aliphatic rings. The zero-order valence-electron chi connectivity index (χ0n) is 9.52. The van der Waals surface area contributed by atoms with Gasteiger partial charge in [-0.3, -0.25) is 0 Å². The second kappa shape index (κ2) is 5.60. The lowest BCUT2D eigenvalue weighted by molar-refractivity contribution is 0.339. The van der Waals surface area contributed by atoms with Gasteiger partial charge in [0, 0.05) is 23.2 Å². The smallest absolute Gasteiger partial charge is 0.0351 e. The molecule has 0 amide bonds. The molecule has 16 heavy (non-hydrogen) atoms. The normalized spacial score (nSPS) is 25.4. The molecule has 0 unspecified atom stereocenters. The van der Waals surface area contributed by atoms with Crippen molar-refractivity contribution in [3.63, 3.8) is 0 Å². The lowest BCUT2D eigenvalue weighted by atomic mass is 9.86. The maximum atomic E-state index is 5.89. The molecule has 88 valence electrons. The summed E-state index contributed by atoms with van der Waals surface area (Å²) < 4.78 is 0. The summed E-state index contributed by atoms with van der Waals surface area (Å²) in [5.41, 5.74) is 7.06. The maximum absolute atomic E-state index is 5.89. The van der Waals surface area contributed by atoms with Crippen LogP contribution in [-0.2, 0) is 0 Å². The van der Waals surface area contributed by atoms with Crippen LogP contribution in [0.5, 0.6) is 0 Å². The highest BCUT2D eigenvalue weighted by atomic mass is 32.1. The monoisotopic (exact) mass is 236 g/mol. The van der Waals surface area contributed by atoms with Gasteiger partial charge in [0.05, 0.1) is 0 Å². The number of thiol groups is 1. The van der Waals surface area contributed by atoms with E-state index in [0.29, 0.717) is 6.04 Å². The Balaban J connectivity index is 1.79. The molecule has 3 heteroatoms. The molecular formula is C13H20N2S. The van der Waals surface area contributed by atoms with E-state index in [9.17, 15) is 0 Å². The second-order valence-electron chi connectivity index (χ2n) is 4.71. The zero-order chi connectivity index (χ0) is 11.4. The van der Waals surface area contributed by atoms with Crippen molar-refractivity contribution in [2.45, 2.75) is 36.6 Å². The molecule has 1 aliphatic carbocycles. The highest BCUT2D eigenvalue weighted by Gasteiger charge is 2.17. The van der Waals surface area contributed by atoms with Crippen LogP contribution in [0.4, 0.5) is 5.69 Å². The van der Waals surface area contributed by atoms with Crippen molar-refractivity contribution < 1.29 is 0 Å². The van der Waals surface area contributed by atoms with Crippen LogP contribution in [0.25, 0.3) is 0 Å². The van der Waals surface area contributed by atoms with Crippen molar-refractivity contribution in [1.29, 1.82) is 0 Å². The van der Waals surface area contributed by atoms with Crippen LogP contribution >= 0.6 is 12.6 Å². The molecular weight excluding hydrogens is 216 g/mol. The largest absolute Gasteiger partial charge is 0.385 e. The van der Waals surface area contributed by atoms with Gasteiger partial charge in [-0.1, -0.05) is 6.07 Å². The van der Waals surface area contributed by atoms with Crippen molar-refractivity contribution in [2.75, 3.05) is 11.9 Å². The van der Waals surface area contributed by atoms with Gasteiger partial charge in [-0.25, -0.2) is 0 Å². The highest BCUT2D eigenvalue weighted by Crippen LogP contribution is 2.23. The summed E-state index contributed by atoms with van der Waals surface area (Å²) in [5.74, 6) is 0.781. The number of anilines is 1. The number of nitrogens with two attached hydrogens (primary N) is 1. The quantitative estimate of drug-likeness (QED) is 0.706. The molecule has 0 spiro atoms. The Bertz CT molecular complexity index is 332. The third-order valence-electron chi connectivity index (χ3n) is 3.33. The number of rotatable bonds is 3. The number of nitrogens with one attached hydrogen (secondary N) is 1. The van der Waals surface area contributed by atoms with Crippen LogP contribution in [0.2, 0.25) is 0 Å². The predicted octanol–water partition coefficient (Wildman–Crippen LogP) is 2.90. The summed E-state index contributed by atoms with van der Waals surface area (Å²) in [6.45, 7) is 1.06. The summed E-state index contributed by atoms with van der Waals surface area (Å²) in [6.07, 6.45) is 4.88. The summed E-state index contributed by atoms with van der Waals surface area (Å²) in [6, 6.07) is 8.62. The van der Waals surface area contributed by atoms with Crippen molar-refractivity contribution in [2.24, 2.45) is 11.7 Å². The van der Waals surface area contributed by atoms with E-state index >= 15 is 0 Å². The van der Waals surface area contributed by atoms with E-state index in [-0.39, 0.29) is 0 Å². The maximum Gasteiger partial charge on any atom is 0.0351 e.